The van der Waals surface area contributed by atoms with Crippen LogP contribution in [0.5, 0.6) is 0 Å². The van der Waals surface area contributed by atoms with Crippen LogP contribution < -0.4 is 0 Å². The van der Waals surface area contributed by atoms with Crippen LogP contribution >= 0.6 is 0 Å². The lowest BCUT2D eigenvalue weighted by atomic mass is 10.1. The molecule has 0 bridgehead atoms. The van der Waals surface area contributed by atoms with E-state index in [1.54, 1.807) is 25.1 Å². The van der Waals surface area contributed by atoms with E-state index in [0.717, 1.165) is 5.56 Å². The summed E-state index contributed by atoms with van der Waals surface area (Å²) in [6.07, 6.45) is 0. The Morgan fingerprint density at radius 3 is 2.68 bits per heavy atom. The van der Waals surface area contributed by atoms with Crippen LogP contribution in [0.15, 0.2) is 47.0 Å². The Morgan fingerprint density at radius 1 is 1.16 bits per heavy atom. The number of rotatable bonds is 5. The van der Waals surface area contributed by atoms with Gasteiger partial charge in [0.1, 0.15) is 11.6 Å². The Balaban J connectivity index is 1.75. The second-order valence-electron chi connectivity index (χ2n) is 6.14. The molecule has 0 radical (unpaired) electrons. The standard InChI is InChI=1S/C19H19F2N3O/c1-12-9-15(7-8-17(12)21)18-22-19(25-23-18)13(2)24(3)11-14-5-4-6-16(20)10-14/h4-10,13H,11H2,1-3H3. The molecule has 0 spiro atoms. The predicted octanol–water partition coefficient (Wildman–Crippen LogP) is 4.52. The summed E-state index contributed by atoms with van der Waals surface area (Å²) < 4.78 is 32.1. The Hall–Kier alpha value is -2.60. The van der Waals surface area contributed by atoms with E-state index in [9.17, 15) is 8.78 Å². The molecule has 0 fully saturated rings. The van der Waals surface area contributed by atoms with Gasteiger partial charge in [-0.25, -0.2) is 8.78 Å². The smallest absolute Gasteiger partial charge is 0.244 e. The van der Waals surface area contributed by atoms with Crippen molar-refractivity contribution in [3.63, 3.8) is 0 Å². The fourth-order valence-electron chi connectivity index (χ4n) is 2.55. The van der Waals surface area contributed by atoms with E-state index >= 15 is 0 Å². The lowest BCUT2D eigenvalue weighted by Gasteiger charge is -2.21. The molecule has 4 nitrogen and oxygen atoms in total. The van der Waals surface area contributed by atoms with Gasteiger partial charge in [-0.15, -0.1) is 0 Å². The van der Waals surface area contributed by atoms with Crippen LogP contribution in [0.1, 0.15) is 30.0 Å². The average molecular weight is 343 g/mol. The van der Waals surface area contributed by atoms with E-state index in [1.165, 1.54) is 18.2 Å². The van der Waals surface area contributed by atoms with E-state index in [4.69, 9.17) is 4.52 Å². The van der Waals surface area contributed by atoms with Crippen molar-refractivity contribution in [2.24, 2.45) is 0 Å². The van der Waals surface area contributed by atoms with Crippen LogP contribution in [-0.2, 0) is 6.54 Å². The molecule has 1 aromatic heterocycles. The first-order valence-electron chi connectivity index (χ1n) is 7.99. The minimum absolute atomic E-state index is 0.147. The van der Waals surface area contributed by atoms with E-state index < -0.39 is 0 Å². The summed E-state index contributed by atoms with van der Waals surface area (Å²) in [5.41, 5.74) is 2.09. The summed E-state index contributed by atoms with van der Waals surface area (Å²) >= 11 is 0. The number of nitrogens with zero attached hydrogens (tertiary/aromatic N) is 3. The Kier molecular flexibility index (Phi) is 4.90. The first kappa shape index (κ1) is 17.2. The van der Waals surface area contributed by atoms with Crippen molar-refractivity contribution in [1.82, 2.24) is 15.0 Å². The molecule has 0 saturated carbocycles. The molecular weight excluding hydrogens is 324 g/mol. The van der Waals surface area contributed by atoms with E-state index in [1.807, 2.05) is 24.9 Å². The maximum atomic E-state index is 13.4. The predicted molar refractivity (Wildman–Crippen MR) is 90.7 cm³/mol. The number of aromatic nitrogens is 2. The molecule has 1 heterocycles. The van der Waals surface area contributed by atoms with E-state index in [0.29, 0.717) is 29.4 Å². The summed E-state index contributed by atoms with van der Waals surface area (Å²) in [5.74, 6) is 0.348. The molecular formula is C19H19F2N3O. The maximum absolute atomic E-state index is 13.4. The number of hydrogen-bond donors (Lipinski definition) is 0. The Labute approximate surface area is 145 Å². The molecule has 3 rings (SSSR count). The highest BCUT2D eigenvalue weighted by Crippen LogP contribution is 2.24. The lowest BCUT2D eigenvalue weighted by molar-refractivity contribution is 0.202. The molecule has 6 heteroatoms. The third kappa shape index (κ3) is 3.91. The van der Waals surface area contributed by atoms with E-state index in [2.05, 4.69) is 10.1 Å². The van der Waals surface area contributed by atoms with E-state index in [-0.39, 0.29) is 17.7 Å². The Morgan fingerprint density at radius 2 is 1.96 bits per heavy atom. The van der Waals surface area contributed by atoms with Crippen LogP contribution in [0.3, 0.4) is 0 Å². The number of halogens is 2. The number of hydrogen-bond acceptors (Lipinski definition) is 4. The fourth-order valence-corrected chi connectivity index (χ4v) is 2.55. The zero-order valence-electron chi connectivity index (χ0n) is 14.3. The zero-order valence-corrected chi connectivity index (χ0v) is 14.3. The minimum Gasteiger partial charge on any atom is -0.337 e. The summed E-state index contributed by atoms with van der Waals surface area (Å²) in [6.45, 7) is 4.17. The molecule has 130 valence electrons. The first-order chi connectivity index (χ1) is 11.9. The topological polar surface area (TPSA) is 42.2 Å². The largest absolute Gasteiger partial charge is 0.337 e. The molecule has 1 atom stereocenters. The van der Waals surface area contributed by atoms with Gasteiger partial charge < -0.3 is 4.52 Å². The van der Waals surface area contributed by atoms with Crippen molar-refractivity contribution in [2.45, 2.75) is 26.4 Å². The van der Waals surface area contributed by atoms with Gasteiger partial charge in [0.05, 0.1) is 6.04 Å². The summed E-state index contributed by atoms with van der Waals surface area (Å²) in [5, 5.41) is 3.99. The highest BCUT2D eigenvalue weighted by atomic mass is 19.1. The van der Waals surface area contributed by atoms with Gasteiger partial charge in [-0.1, -0.05) is 17.3 Å². The molecule has 0 aliphatic rings. The molecule has 2 aromatic carbocycles. The molecule has 0 amide bonds. The highest BCUT2D eigenvalue weighted by Gasteiger charge is 2.20. The fraction of sp³-hybridized carbons (Fsp3) is 0.263. The number of benzene rings is 2. The third-order valence-electron chi connectivity index (χ3n) is 4.20. The quantitative estimate of drug-likeness (QED) is 0.683. The maximum Gasteiger partial charge on any atom is 0.244 e. The summed E-state index contributed by atoms with van der Waals surface area (Å²) in [6, 6.07) is 11.0. The average Bonchev–Trinajstić information content (AvgIpc) is 3.06. The van der Waals surface area contributed by atoms with Gasteiger partial charge in [0, 0.05) is 12.1 Å². The van der Waals surface area contributed by atoms with Crippen LogP contribution in [0.4, 0.5) is 8.78 Å². The normalized spacial score (nSPS) is 12.6. The minimum atomic E-state index is -0.268. The van der Waals surface area contributed by atoms with Gasteiger partial charge in [0.15, 0.2) is 0 Å². The molecule has 0 aliphatic heterocycles. The van der Waals surface area contributed by atoms with Gasteiger partial charge in [-0.2, -0.15) is 4.98 Å². The second-order valence-corrected chi connectivity index (χ2v) is 6.14. The van der Waals surface area contributed by atoms with Gasteiger partial charge in [0.2, 0.25) is 11.7 Å². The van der Waals surface area contributed by atoms with Crippen LogP contribution in [0, 0.1) is 18.6 Å². The summed E-state index contributed by atoms with van der Waals surface area (Å²) in [4.78, 5) is 6.40. The van der Waals surface area contributed by atoms with Crippen molar-refractivity contribution >= 4 is 0 Å². The lowest BCUT2D eigenvalue weighted by Crippen LogP contribution is -2.22. The zero-order chi connectivity index (χ0) is 18.0. The molecule has 25 heavy (non-hydrogen) atoms. The SMILES string of the molecule is Cc1cc(-c2noc(C(C)N(C)Cc3cccc(F)c3)n2)ccc1F. The molecule has 1 unspecified atom stereocenters. The van der Waals surface area contributed by atoms with Crippen LogP contribution in [0.2, 0.25) is 0 Å². The van der Waals surface area contributed by atoms with Crippen molar-refractivity contribution in [3.8, 4) is 11.4 Å². The monoisotopic (exact) mass is 343 g/mol. The van der Waals surface area contributed by atoms with Crippen molar-refractivity contribution in [2.75, 3.05) is 7.05 Å². The van der Waals surface area contributed by atoms with Crippen LogP contribution in [0.25, 0.3) is 11.4 Å². The molecule has 0 N–H and O–H groups in total. The second kappa shape index (κ2) is 7.11. The molecule has 0 saturated heterocycles. The van der Waals surface area contributed by atoms with Crippen molar-refractivity contribution < 1.29 is 13.3 Å². The van der Waals surface area contributed by atoms with Crippen molar-refractivity contribution in [3.05, 3.63) is 71.1 Å². The van der Waals surface area contributed by atoms with Crippen LogP contribution in [-0.4, -0.2) is 22.1 Å². The highest BCUT2D eigenvalue weighted by molar-refractivity contribution is 5.55. The summed E-state index contributed by atoms with van der Waals surface area (Å²) in [7, 11) is 1.90. The Bertz CT molecular complexity index is 879. The first-order valence-corrected chi connectivity index (χ1v) is 7.99. The molecule has 0 aliphatic carbocycles. The van der Waals surface area contributed by atoms with Gasteiger partial charge in [-0.3, -0.25) is 4.90 Å². The van der Waals surface area contributed by atoms with Crippen molar-refractivity contribution in [1.29, 1.82) is 0 Å². The molecule has 3 aromatic rings. The van der Waals surface area contributed by atoms with Gasteiger partial charge >= 0.3 is 0 Å². The van der Waals surface area contributed by atoms with Gasteiger partial charge in [0.25, 0.3) is 0 Å². The van der Waals surface area contributed by atoms with Gasteiger partial charge in [-0.05, 0) is 62.4 Å². The third-order valence-corrected chi connectivity index (χ3v) is 4.20. The number of aryl methyl sites for hydroxylation is 1.